The average molecular weight is 377 g/mol. The minimum atomic E-state index is 0.101. The minimum absolute atomic E-state index is 0.101. The number of imidazole rings is 1. The summed E-state index contributed by atoms with van der Waals surface area (Å²) < 4.78 is 2.13. The highest BCUT2D eigenvalue weighted by atomic mass is 35.5. The lowest BCUT2D eigenvalue weighted by molar-refractivity contribution is 0.283. The second-order valence-electron chi connectivity index (χ2n) is 7.15. The maximum Gasteiger partial charge on any atom is 0.165 e. The van der Waals surface area contributed by atoms with Crippen LogP contribution in [0.4, 0.5) is 0 Å². The molecule has 0 unspecified atom stereocenters. The third kappa shape index (κ3) is 3.65. The molecule has 2 aromatic heterocycles. The van der Waals surface area contributed by atoms with Crippen LogP contribution in [0.5, 0.6) is 0 Å². The van der Waals surface area contributed by atoms with Gasteiger partial charge in [-0.05, 0) is 30.9 Å². The summed E-state index contributed by atoms with van der Waals surface area (Å²) in [6.45, 7) is 9.34. The molecule has 6 heteroatoms. The van der Waals surface area contributed by atoms with E-state index in [0.717, 1.165) is 36.4 Å². The van der Waals surface area contributed by atoms with E-state index in [0.29, 0.717) is 21.5 Å². The summed E-state index contributed by atoms with van der Waals surface area (Å²) >= 11 is 12.8. The van der Waals surface area contributed by atoms with E-state index in [4.69, 9.17) is 28.2 Å². The molecule has 0 saturated carbocycles. The average Bonchev–Trinajstić information content (AvgIpc) is 2.86. The van der Waals surface area contributed by atoms with Crippen LogP contribution in [0.3, 0.4) is 0 Å². The maximum absolute atomic E-state index is 6.44. The Morgan fingerprint density at radius 1 is 1.08 bits per heavy atom. The molecule has 3 rings (SSSR count). The highest BCUT2D eigenvalue weighted by Crippen LogP contribution is 2.34. The molecule has 0 bridgehead atoms. The quantitative estimate of drug-likeness (QED) is 0.517. The van der Waals surface area contributed by atoms with E-state index in [1.54, 1.807) is 0 Å². The van der Waals surface area contributed by atoms with E-state index in [-0.39, 0.29) is 5.41 Å². The molecule has 0 N–H and O–H groups in total. The number of hydrogen-bond acceptors (Lipinski definition) is 3. The van der Waals surface area contributed by atoms with Crippen LogP contribution in [0, 0.1) is 12.3 Å². The Kier molecular flexibility index (Phi) is 5.03. The maximum atomic E-state index is 6.44. The van der Waals surface area contributed by atoms with Gasteiger partial charge in [-0.15, -0.1) is 0 Å². The first kappa shape index (κ1) is 18.2. The fourth-order valence-electron chi connectivity index (χ4n) is 3.25. The van der Waals surface area contributed by atoms with Crippen LogP contribution in [0.25, 0.3) is 22.6 Å². The number of fused-ring (bicyclic) bond motifs is 1. The van der Waals surface area contributed by atoms with Crippen molar-refractivity contribution in [3.63, 3.8) is 0 Å². The first-order chi connectivity index (χ1) is 11.8. The number of hydrogen-bond donors (Lipinski definition) is 0. The van der Waals surface area contributed by atoms with Gasteiger partial charge in [0.1, 0.15) is 17.2 Å². The van der Waals surface area contributed by atoms with Crippen LogP contribution < -0.4 is 0 Å². The zero-order valence-electron chi connectivity index (χ0n) is 15.0. The lowest BCUT2D eigenvalue weighted by Crippen LogP contribution is -2.20. The summed E-state index contributed by atoms with van der Waals surface area (Å²) in [5.74, 6) is 1.42. The van der Waals surface area contributed by atoms with Gasteiger partial charge >= 0.3 is 0 Å². The van der Waals surface area contributed by atoms with Crippen LogP contribution in [0.15, 0.2) is 24.3 Å². The molecule has 1 aromatic carbocycles. The molecule has 0 saturated heterocycles. The molecule has 2 heterocycles. The standard InChI is InChI=1S/C19H22Cl2N4/c1-5-10-19(3,4)11-25-17(13-8-6-7-9-14(13)20)24-15-16(21)22-12(2)23-18(15)25/h6-9H,5,10-11H2,1-4H3. The third-order valence-corrected chi connectivity index (χ3v) is 4.88. The Morgan fingerprint density at radius 2 is 1.80 bits per heavy atom. The lowest BCUT2D eigenvalue weighted by Gasteiger charge is -2.26. The number of halogens is 2. The molecule has 0 aliphatic rings. The molecule has 0 atom stereocenters. The highest BCUT2D eigenvalue weighted by Gasteiger charge is 2.24. The van der Waals surface area contributed by atoms with Crippen LogP contribution >= 0.6 is 23.2 Å². The predicted octanol–water partition coefficient (Wildman–Crippen LogP) is 5.93. The van der Waals surface area contributed by atoms with Gasteiger partial charge in [-0.3, -0.25) is 0 Å². The van der Waals surface area contributed by atoms with Crippen molar-refractivity contribution in [2.75, 3.05) is 0 Å². The fourth-order valence-corrected chi connectivity index (χ4v) is 3.72. The normalized spacial score (nSPS) is 12.1. The number of nitrogens with zero attached hydrogens (tertiary/aromatic N) is 4. The molecule has 0 aliphatic carbocycles. The van der Waals surface area contributed by atoms with E-state index >= 15 is 0 Å². The Morgan fingerprint density at radius 3 is 2.48 bits per heavy atom. The molecule has 0 radical (unpaired) electrons. The minimum Gasteiger partial charge on any atom is -0.308 e. The van der Waals surface area contributed by atoms with Crippen molar-refractivity contribution in [1.29, 1.82) is 0 Å². The zero-order valence-corrected chi connectivity index (χ0v) is 16.5. The largest absolute Gasteiger partial charge is 0.308 e. The SMILES string of the molecule is CCCC(C)(C)Cn1c(-c2ccccc2Cl)nc2c(Cl)nc(C)nc21. The monoisotopic (exact) mass is 376 g/mol. The topological polar surface area (TPSA) is 43.6 Å². The molecular formula is C19H22Cl2N4. The van der Waals surface area contributed by atoms with Crippen LogP contribution in [-0.4, -0.2) is 19.5 Å². The van der Waals surface area contributed by atoms with Crippen molar-refractivity contribution < 1.29 is 0 Å². The molecular weight excluding hydrogens is 355 g/mol. The summed E-state index contributed by atoms with van der Waals surface area (Å²) in [6.07, 6.45) is 2.22. The molecule has 25 heavy (non-hydrogen) atoms. The first-order valence-electron chi connectivity index (χ1n) is 8.47. The second-order valence-corrected chi connectivity index (χ2v) is 7.91. The number of aromatic nitrogens is 4. The molecule has 0 amide bonds. The lowest BCUT2D eigenvalue weighted by atomic mass is 9.88. The molecule has 4 nitrogen and oxygen atoms in total. The van der Waals surface area contributed by atoms with Crippen molar-refractivity contribution in [2.45, 2.75) is 47.1 Å². The highest BCUT2D eigenvalue weighted by molar-refractivity contribution is 6.34. The van der Waals surface area contributed by atoms with Gasteiger partial charge in [0, 0.05) is 12.1 Å². The molecule has 3 aromatic rings. The van der Waals surface area contributed by atoms with Crippen LogP contribution in [-0.2, 0) is 6.54 Å². The molecule has 132 valence electrons. The third-order valence-electron chi connectivity index (χ3n) is 4.29. The smallest absolute Gasteiger partial charge is 0.165 e. The number of rotatable bonds is 5. The first-order valence-corrected chi connectivity index (χ1v) is 9.23. The van der Waals surface area contributed by atoms with Gasteiger partial charge in [0.25, 0.3) is 0 Å². The van der Waals surface area contributed by atoms with E-state index < -0.39 is 0 Å². The van der Waals surface area contributed by atoms with Crippen LogP contribution in [0.2, 0.25) is 10.2 Å². The number of benzene rings is 1. The summed E-state index contributed by atoms with van der Waals surface area (Å²) in [7, 11) is 0. The van der Waals surface area contributed by atoms with E-state index in [1.165, 1.54) is 0 Å². The number of aryl methyl sites for hydroxylation is 1. The molecule has 0 spiro atoms. The van der Waals surface area contributed by atoms with Gasteiger partial charge in [-0.25, -0.2) is 15.0 Å². The van der Waals surface area contributed by atoms with E-state index in [2.05, 4.69) is 35.3 Å². The van der Waals surface area contributed by atoms with Gasteiger partial charge in [-0.2, -0.15) is 0 Å². The van der Waals surface area contributed by atoms with Gasteiger partial charge in [0.15, 0.2) is 10.8 Å². The second kappa shape index (κ2) is 6.93. The van der Waals surface area contributed by atoms with Crippen molar-refractivity contribution in [3.05, 3.63) is 40.3 Å². The summed E-state index contributed by atoms with van der Waals surface area (Å²) in [4.78, 5) is 13.6. The summed E-state index contributed by atoms with van der Waals surface area (Å²) in [5.41, 5.74) is 2.36. The van der Waals surface area contributed by atoms with E-state index in [1.807, 2.05) is 31.2 Å². The Labute approximate surface area is 158 Å². The zero-order chi connectivity index (χ0) is 18.2. The summed E-state index contributed by atoms with van der Waals surface area (Å²) in [6, 6.07) is 7.72. The van der Waals surface area contributed by atoms with Gasteiger partial charge < -0.3 is 4.57 Å². The van der Waals surface area contributed by atoms with Crippen molar-refractivity contribution >= 4 is 34.4 Å². The molecule has 0 fully saturated rings. The van der Waals surface area contributed by atoms with E-state index in [9.17, 15) is 0 Å². The van der Waals surface area contributed by atoms with Crippen molar-refractivity contribution in [3.8, 4) is 11.4 Å². The predicted molar refractivity (Wildman–Crippen MR) is 104 cm³/mol. The van der Waals surface area contributed by atoms with Gasteiger partial charge in [-0.1, -0.05) is 62.5 Å². The van der Waals surface area contributed by atoms with Crippen molar-refractivity contribution in [1.82, 2.24) is 19.5 Å². The Balaban J connectivity index is 2.27. The fraction of sp³-hybridized carbons (Fsp3) is 0.421. The van der Waals surface area contributed by atoms with Gasteiger partial charge in [0.2, 0.25) is 0 Å². The Hall–Kier alpha value is -1.65. The van der Waals surface area contributed by atoms with Crippen LogP contribution in [0.1, 0.15) is 39.4 Å². The van der Waals surface area contributed by atoms with Crippen molar-refractivity contribution in [2.24, 2.45) is 5.41 Å². The molecule has 0 aliphatic heterocycles. The summed E-state index contributed by atoms with van der Waals surface area (Å²) in [5, 5.41) is 1.04. The Bertz CT molecular complexity index is 915. The van der Waals surface area contributed by atoms with Gasteiger partial charge in [0.05, 0.1) is 5.02 Å².